The monoisotopic (exact) mass is 314 g/mol. The lowest BCUT2D eigenvalue weighted by Crippen LogP contribution is -2.38. The van der Waals surface area contributed by atoms with Gasteiger partial charge >= 0.3 is 0 Å². The number of carbonyl (C=O) groups excluding carboxylic acids is 1. The van der Waals surface area contributed by atoms with Gasteiger partial charge < -0.3 is 10.2 Å². The molecule has 0 saturated heterocycles. The molecule has 0 unspecified atom stereocenters. The van der Waals surface area contributed by atoms with Gasteiger partial charge in [0.25, 0.3) is 0 Å². The zero-order valence-corrected chi connectivity index (χ0v) is 13.7. The lowest BCUT2D eigenvalue weighted by Gasteiger charge is -2.22. The predicted molar refractivity (Wildman–Crippen MR) is 92.2 cm³/mol. The molecule has 0 spiro atoms. The third-order valence-corrected chi connectivity index (χ3v) is 3.73. The molecular weight excluding hydrogens is 291 g/mol. The molecule has 0 radical (unpaired) electrons. The van der Waals surface area contributed by atoms with Crippen molar-refractivity contribution < 1.29 is 9.18 Å². The average molecular weight is 314 g/mol. The fourth-order valence-electron chi connectivity index (χ4n) is 2.44. The van der Waals surface area contributed by atoms with Crippen molar-refractivity contribution in [3.8, 4) is 0 Å². The van der Waals surface area contributed by atoms with Crippen LogP contribution in [0.3, 0.4) is 0 Å². The topological polar surface area (TPSA) is 32.3 Å². The van der Waals surface area contributed by atoms with Gasteiger partial charge in [0, 0.05) is 18.8 Å². The molecule has 2 rings (SSSR count). The molecule has 0 aliphatic carbocycles. The third-order valence-electron chi connectivity index (χ3n) is 3.73. The van der Waals surface area contributed by atoms with E-state index in [1.807, 2.05) is 36.9 Å². The SMILES string of the molecule is CCN(CC(=O)NCCc1ccc(F)cc1)c1cccc(C)c1. The van der Waals surface area contributed by atoms with E-state index in [-0.39, 0.29) is 11.7 Å². The summed E-state index contributed by atoms with van der Waals surface area (Å²) in [5.41, 5.74) is 3.25. The van der Waals surface area contributed by atoms with Crippen molar-refractivity contribution >= 4 is 11.6 Å². The summed E-state index contributed by atoms with van der Waals surface area (Å²) in [6, 6.07) is 14.5. The molecule has 2 aromatic carbocycles. The Labute approximate surface area is 137 Å². The fourth-order valence-corrected chi connectivity index (χ4v) is 2.44. The molecule has 0 aliphatic rings. The Hall–Kier alpha value is -2.36. The van der Waals surface area contributed by atoms with E-state index in [0.29, 0.717) is 19.5 Å². The summed E-state index contributed by atoms with van der Waals surface area (Å²) >= 11 is 0. The summed E-state index contributed by atoms with van der Waals surface area (Å²) in [7, 11) is 0. The van der Waals surface area contributed by atoms with Crippen molar-refractivity contribution in [3.05, 3.63) is 65.5 Å². The highest BCUT2D eigenvalue weighted by Gasteiger charge is 2.09. The van der Waals surface area contributed by atoms with Gasteiger partial charge in [-0.25, -0.2) is 4.39 Å². The lowest BCUT2D eigenvalue weighted by atomic mass is 10.1. The minimum absolute atomic E-state index is 0.00420. The van der Waals surface area contributed by atoms with Crippen LogP contribution >= 0.6 is 0 Å². The molecule has 23 heavy (non-hydrogen) atoms. The van der Waals surface area contributed by atoms with Crippen LogP contribution in [-0.4, -0.2) is 25.5 Å². The van der Waals surface area contributed by atoms with E-state index < -0.39 is 0 Å². The second kappa shape index (κ2) is 8.32. The number of nitrogens with one attached hydrogen (secondary N) is 1. The van der Waals surface area contributed by atoms with Crippen LogP contribution in [0.1, 0.15) is 18.1 Å². The first-order chi connectivity index (χ1) is 11.1. The average Bonchev–Trinajstić information content (AvgIpc) is 2.54. The molecule has 1 amide bonds. The molecule has 0 aromatic heterocycles. The number of rotatable bonds is 7. The number of nitrogens with zero attached hydrogens (tertiary/aromatic N) is 1. The Bertz CT molecular complexity index is 640. The number of aryl methyl sites for hydroxylation is 1. The van der Waals surface area contributed by atoms with E-state index in [9.17, 15) is 9.18 Å². The van der Waals surface area contributed by atoms with Gasteiger partial charge in [-0.1, -0.05) is 24.3 Å². The predicted octanol–water partition coefficient (Wildman–Crippen LogP) is 3.32. The van der Waals surface area contributed by atoms with Crippen LogP contribution in [0, 0.1) is 12.7 Å². The van der Waals surface area contributed by atoms with Crippen LogP contribution in [0.4, 0.5) is 10.1 Å². The molecular formula is C19H23FN2O. The van der Waals surface area contributed by atoms with E-state index in [2.05, 4.69) is 11.4 Å². The summed E-state index contributed by atoms with van der Waals surface area (Å²) in [5, 5.41) is 2.92. The minimum Gasteiger partial charge on any atom is -0.362 e. The quantitative estimate of drug-likeness (QED) is 0.850. The maximum Gasteiger partial charge on any atom is 0.239 e. The van der Waals surface area contributed by atoms with Gasteiger partial charge in [0.05, 0.1) is 6.54 Å². The first-order valence-corrected chi connectivity index (χ1v) is 7.91. The third kappa shape index (κ3) is 5.40. The van der Waals surface area contributed by atoms with Crippen molar-refractivity contribution in [1.82, 2.24) is 5.32 Å². The number of hydrogen-bond acceptors (Lipinski definition) is 2. The number of amides is 1. The summed E-state index contributed by atoms with van der Waals surface area (Å²) < 4.78 is 12.8. The van der Waals surface area contributed by atoms with Crippen LogP contribution in [0.15, 0.2) is 48.5 Å². The largest absolute Gasteiger partial charge is 0.362 e. The zero-order chi connectivity index (χ0) is 16.7. The number of benzene rings is 2. The van der Waals surface area contributed by atoms with E-state index in [1.165, 1.54) is 17.7 Å². The molecule has 4 heteroatoms. The van der Waals surface area contributed by atoms with Crippen molar-refractivity contribution in [1.29, 1.82) is 0 Å². The van der Waals surface area contributed by atoms with E-state index in [0.717, 1.165) is 17.8 Å². The maximum absolute atomic E-state index is 12.8. The Balaban J connectivity index is 1.82. The highest BCUT2D eigenvalue weighted by atomic mass is 19.1. The number of likely N-dealkylation sites (N-methyl/N-ethyl adjacent to an activating group) is 1. The molecule has 2 aromatic rings. The van der Waals surface area contributed by atoms with Crippen molar-refractivity contribution in [3.63, 3.8) is 0 Å². The Morgan fingerprint density at radius 2 is 1.91 bits per heavy atom. The van der Waals surface area contributed by atoms with E-state index >= 15 is 0 Å². The number of anilines is 1. The molecule has 122 valence electrons. The van der Waals surface area contributed by atoms with Crippen molar-refractivity contribution in [2.75, 3.05) is 24.5 Å². The Kier molecular flexibility index (Phi) is 6.15. The highest BCUT2D eigenvalue weighted by Crippen LogP contribution is 2.15. The summed E-state index contributed by atoms with van der Waals surface area (Å²) in [6.45, 7) is 5.74. The summed E-state index contributed by atoms with van der Waals surface area (Å²) in [4.78, 5) is 14.1. The molecule has 0 saturated carbocycles. The van der Waals surface area contributed by atoms with E-state index in [4.69, 9.17) is 0 Å². The Morgan fingerprint density at radius 1 is 1.17 bits per heavy atom. The van der Waals surface area contributed by atoms with Crippen LogP contribution in [0.2, 0.25) is 0 Å². The zero-order valence-electron chi connectivity index (χ0n) is 13.7. The normalized spacial score (nSPS) is 10.4. The molecule has 0 fully saturated rings. The number of halogens is 1. The lowest BCUT2D eigenvalue weighted by molar-refractivity contribution is -0.119. The van der Waals surface area contributed by atoms with Gasteiger partial charge in [0.2, 0.25) is 5.91 Å². The van der Waals surface area contributed by atoms with Gasteiger partial charge in [-0.15, -0.1) is 0 Å². The van der Waals surface area contributed by atoms with Crippen LogP contribution in [-0.2, 0) is 11.2 Å². The van der Waals surface area contributed by atoms with E-state index in [1.54, 1.807) is 12.1 Å². The smallest absolute Gasteiger partial charge is 0.239 e. The Morgan fingerprint density at radius 3 is 2.57 bits per heavy atom. The standard InChI is InChI=1S/C19H23FN2O/c1-3-22(18-6-4-5-15(2)13-18)14-19(23)21-12-11-16-7-9-17(20)10-8-16/h4-10,13H,3,11-12,14H2,1-2H3,(H,21,23). The van der Waals surface area contributed by atoms with Gasteiger partial charge in [0.1, 0.15) is 5.82 Å². The summed E-state index contributed by atoms with van der Waals surface area (Å²) in [5.74, 6) is -0.245. The molecule has 0 aliphatic heterocycles. The van der Waals surface area contributed by atoms with Crippen molar-refractivity contribution in [2.45, 2.75) is 20.3 Å². The second-order valence-electron chi connectivity index (χ2n) is 5.58. The minimum atomic E-state index is -0.241. The first kappa shape index (κ1) is 17.0. The molecule has 0 atom stereocenters. The van der Waals surface area contributed by atoms with Gasteiger partial charge in [-0.05, 0) is 55.7 Å². The van der Waals surface area contributed by atoms with Gasteiger partial charge in [0.15, 0.2) is 0 Å². The molecule has 0 heterocycles. The van der Waals surface area contributed by atoms with Crippen LogP contribution in [0.5, 0.6) is 0 Å². The van der Waals surface area contributed by atoms with Crippen LogP contribution in [0.25, 0.3) is 0 Å². The van der Waals surface area contributed by atoms with Gasteiger partial charge in [-0.2, -0.15) is 0 Å². The number of hydrogen-bond donors (Lipinski definition) is 1. The fraction of sp³-hybridized carbons (Fsp3) is 0.316. The second-order valence-corrected chi connectivity index (χ2v) is 5.58. The first-order valence-electron chi connectivity index (χ1n) is 7.91. The van der Waals surface area contributed by atoms with Crippen molar-refractivity contribution in [2.24, 2.45) is 0 Å². The van der Waals surface area contributed by atoms with Gasteiger partial charge in [-0.3, -0.25) is 4.79 Å². The number of carbonyl (C=O) groups is 1. The molecule has 1 N–H and O–H groups in total. The molecule has 0 bridgehead atoms. The summed E-state index contributed by atoms with van der Waals surface area (Å²) in [6.07, 6.45) is 0.697. The highest BCUT2D eigenvalue weighted by molar-refractivity contribution is 5.81. The van der Waals surface area contributed by atoms with Crippen LogP contribution < -0.4 is 10.2 Å². The maximum atomic E-state index is 12.8. The molecule has 3 nitrogen and oxygen atoms in total.